The van der Waals surface area contributed by atoms with Crippen molar-refractivity contribution in [3.05, 3.63) is 0 Å². The molecule has 1 aliphatic heterocycles. The number of carbonyl (C=O) groups is 3. The Hall–Kier alpha value is -1.59. The number of nitrogens with two attached hydrogens (primary N) is 1. The van der Waals surface area contributed by atoms with Crippen LogP contribution in [0.3, 0.4) is 0 Å². The van der Waals surface area contributed by atoms with Gasteiger partial charge in [-0.2, -0.15) is 0 Å². The number of primary amides is 1. The molecule has 3 amide bonds. The van der Waals surface area contributed by atoms with Gasteiger partial charge >= 0.3 is 11.8 Å². The fourth-order valence-electron chi connectivity index (χ4n) is 1.66. The zero-order chi connectivity index (χ0) is 12.1. The van der Waals surface area contributed by atoms with Crippen molar-refractivity contribution in [3.8, 4) is 0 Å². The minimum Gasteiger partial charge on any atom is -0.370 e. The molecule has 90 valence electrons. The molecule has 6 heteroatoms. The minimum atomic E-state index is -0.527. The molecular formula is C10H17N3O3. The number of hydrogen-bond acceptors (Lipinski definition) is 3. The summed E-state index contributed by atoms with van der Waals surface area (Å²) in [5.74, 6) is -1.46. The highest BCUT2D eigenvalue weighted by Gasteiger charge is 2.31. The normalized spacial score (nSPS) is 16.8. The third-order valence-corrected chi connectivity index (χ3v) is 2.52. The maximum absolute atomic E-state index is 11.6. The summed E-state index contributed by atoms with van der Waals surface area (Å²) >= 11 is 0. The predicted molar refractivity (Wildman–Crippen MR) is 57.3 cm³/mol. The molecule has 1 heterocycles. The van der Waals surface area contributed by atoms with Gasteiger partial charge in [-0.25, -0.2) is 0 Å². The van der Waals surface area contributed by atoms with Crippen LogP contribution in [0.1, 0.15) is 19.8 Å². The summed E-state index contributed by atoms with van der Waals surface area (Å²) in [6, 6.07) is 0. The highest BCUT2D eigenvalue weighted by molar-refractivity contribution is 6.35. The van der Waals surface area contributed by atoms with Crippen LogP contribution in [0.15, 0.2) is 0 Å². The molecule has 0 spiro atoms. The SMILES string of the molecule is CCCN1CCN(CCC(N)=O)C(=O)C1=O. The average molecular weight is 227 g/mol. The van der Waals surface area contributed by atoms with Gasteiger partial charge in [0, 0.05) is 32.6 Å². The van der Waals surface area contributed by atoms with Crippen molar-refractivity contribution in [3.63, 3.8) is 0 Å². The van der Waals surface area contributed by atoms with E-state index >= 15 is 0 Å². The van der Waals surface area contributed by atoms with Gasteiger partial charge in [0.15, 0.2) is 0 Å². The highest BCUT2D eigenvalue weighted by atomic mass is 16.2. The number of piperazine rings is 1. The van der Waals surface area contributed by atoms with Crippen molar-refractivity contribution in [1.82, 2.24) is 9.80 Å². The van der Waals surface area contributed by atoms with Crippen LogP contribution in [0, 0.1) is 0 Å². The largest absolute Gasteiger partial charge is 0.370 e. The standard InChI is InChI=1S/C10H17N3O3/c1-2-4-12-6-7-13(5-3-8(11)14)10(16)9(12)15/h2-7H2,1H3,(H2,11,14). The molecule has 1 rings (SSSR count). The molecular weight excluding hydrogens is 210 g/mol. The second-order valence-electron chi connectivity index (χ2n) is 3.80. The Morgan fingerprint density at radius 3 is 2.12 bits per heavy atom. The Labute approximate surface area is 94.4 Å². The number of amides is 3. The number of rotatable bonds is 5. The molecule has 0 aromatic carbocycles. The molecule has 0 unspecified atom stereocenters. The van der Waals surface area contributed by atoms with Gasteiger partial charge in [0.1, 0.15) is 0 Å². The van der Waals surface area contributed by atoms with E-state index in [-0.39, 0.29) is 13.0 Å². The summed E-state index contributed by atoms with van der Waals surface area (Å²) < 4.78 is 0. The first-order chi connectivity index (χ1) is 7.56. The van der Waals surface area contributed by atoms with E-state index in [4.69, 9.17) is 5.73 Å². The smallest absolute Gasteiger partial charge is 0.312 e. The Morgan fingerprint density at radius 1 is 1.19 bits per heavy atom. The lowest BCUT2D eigenvalue weighted by Gasteiger charge is -2.33. The summed E-state index contributed by atoms with van der Waals surface area (Å²) in [6.07, 6.45) is 0.938. The molecule has 0 aliphatic carbocycles. The maximum atomic E-state index is 11.6. The maximum Gasteiger partial charge on any atom is 0.312 e. The van der Waals surface area contributed by atoms with Crippen LogP contribution in [0.4, 0.5) is 0 Å². The van der Waals surface area contributed by atoms with Crippen LogP contribution in [0.2, 0.25) is 0 Å². The Morgan fingerprint density at radius 2 is 1.69 bits per heavy atom. The molecule has 0 radical (unpaired) electrons. The summed E-state index contributed by atoms with van der Waals surface area (Å²) in [6.45, 7) is 3.82. The zero-order valence-electron chi connectivity index (χ0n) is 9.44. The van der Waals surface area contributed by atoms with Gasteiger partial charge in [-0.1, -0.05) is 6.92 Å². The summed E-state index contributed by atoms with van der Waals surface area (Å²) in [5.41, 5.74) is 4.99. The molecule has 0 aromatic rings. The Balaban J connectivity index is 2.51. The van der Waals surface area contributed by atoms with E-state index in [1.807, 2.05) is 6.92 Å². The van der Waals surface area contributed by atoms with E-state index in [9.17, 15) is 14.4 Å². The quantitative estimate of drug-likeness (QED) is 0.608. The predicted octanol–water partition coefficient (Wildman–Crippen LogP) is -1.06. The van der Waals surface area contributed by atoms with E-state index < -0.39 is 17.7 Å². The first-order valence-electron chi connectivity index (χ1n) is 5.42. The van der Waals surface area contributed by atoms with Gasteiger partial charge in [0.2, 0.25) is 5.91 Å². The molecule has 0 aromatic heterocycles. The lowest BCUT2D eigenvalue weighted by molar-refractivity contribution is -0.156. The highest BCUT2D eigenvalue weighted by Crippen LogP contribution is 2.06. The second kappa shape index (κ2) is 5.48. The first-order valence-corrected chi connectivity index (χ1v) is 5.42. The topological polar surface area (TPSA) is 83.7 Å². The van der Waals surface area contributed by atoms with Crippen molar-refractivity contribution in [1.29, 1.82) is 0 Å². The van der Waals surface area contributed by atoms with Gasteiger partial charge in [-0.15, -0.1) is 0 Å². The van der Waals surface area contributed by atoms with Crippen LogP contribution in [0.5, 0.6) is 0 Å². The number of carbonyl (C=O) groups excluding carboxylic acids is 3. The van der Waals surface area contributed by atoms with E-state index in [0.29, 0.717) is 19.6 Å². The van der Waals surface area contributed by atoms with Crippen molar-refractivity contribution in [2.75, 3.05) is 26.2 Å². The minimum absolute atomic E-state index is 0.104. The molecule has 6 nitrogen and oxygen atoms in total. The monoisotopic (exact) mass is 227 g/mol. The van der Waals surface area contributed by atoms with E-state index in [1.165, 1.54) is 4.90 Å². The first kappa shape index (κ1) is 12.5. The summed E-state index contributed by atoms with van der Waals surface area (Å²) in [7, 11) is 0. The molecule has 16 heavy (non-hydrogen) atoms. The number of hydrogen-bond donors (Lipinski definition) is 1. The van der Waals surface area contributed by atoms with Crippen LogP contribution in [0.25, 0.3) is 0 Å². The van der Waals surface area contributed by atoms with Crippen molar-refractivity contribution in [2.24, 2.45) is 5.73 Å². The van der Waals surface area contributed by atoms with E-state index in [2.05, 4.69) is 0 Å². The van der Waals surface area contributed by atoms with E-state index in [0.717, 1.165) is 6.42 Å². The van der Waals surface area contributed by atoms with Crippen molar-refractivity contribution >= 4 is 17.7 Å². The van der Waals surface area contributed by atoms with Crippen molar-refractivity contribution < 1.29 is 14.4 Å². The van der Waals surface area contributed by atoms with Crippen LogP contribution < -0.4 is 5.73 Å². The van der Waals surface area contributed by atoms with Gasteiger partial charge in [0.05, 0.1) is 0 Å². The van der Waals surface area contributed by atoms with Gasteiger partial charge in [0.25, 0.3) is 0 Å². The molecule has 0 bridgehead atoms. The molecule has 1 fully saturated rings. The lowest BCUT2D eigenvalue weighted by Crippen LogP contribution is -2.54. The molecule has 0 atom stereocenters. The van der Waals surface area contributed by atoms with Crippen molar-refractivity contribution in [2.45, 2.75) is 19.8 Å². The van der Waals surface area contributed by atoms with Gasteiger partial charge in [-0.05, 0) is 6.42 Å². The van der Waals surface area contributed by atoms with Gasteiger partial charge in [-0.3, -0.25) is 14.4 Å². The average Bonchev–Trinajstić information content (AvgIpc) is 2.24. The zero-order valence-corrected chi connectivity index (χ0v) is 9.44. The third-order valence-electron chi connectivity index (χ3n) is 2.52. The summed E-state index contributed by atoms with van der Waals surface area (Å²) in [4.78, 5) is 36.7. The Bertz CT molecular complexity index is 304. The fraction of sp³-hybridized carbons (Fsp3) is 0.700. The molecule has 2 N–H and O–H groups in total. The second-order valence-corrected chi connectivity index (χ2v) is 3.80. The summed E-state index contributed by atoms with van der Waals surface area (Å²) in [5, 5.41) is 0. The number of nitrogens with zero attached hydrogens (tertiary/aromatic N) is 2. The van der Waals surface area contributed by atoms with Crippen LogP contribution in [-0.2, 0) is 14.4 Å². The molecule has 1 aliphatic rings. The third kappa shape index (κ3) is 2.95. The van der Waals surface area contributed by atoms with Gasteiger partial charge < -0.3 is 15.5 Å². The van der Waals surface area contributed by atoms with Crippen LogP contribution in [-0.4, -0.2) is 53.7 Å². The fourth-order valence-corrected chi connectivity index (χ4v) is 1.66. The lowest BCUT2D eigenvalue weighted by atomic mass is 10.2. The van der Waals surface area contributed by atoms with Crippen LogP contribution >= 0.6 is 0 Å². The molecule has 0 saturated carbocycles. The van der Waals surface area contributed by atoms with E-state index in [1.54, 1.807) is 4.90 Å². The Kier molecular flexibility index (Phi) is 4.28. The molecule has 1 saturated heterocycles.